The maximum Gasteiger partial charge on any atom is 0.240 e. The van der Waals surface area contributed by atoms with Crippen LogP contribution in [0.15, 0.2) is 47.4 Å². The lowest BCUT2D eigenvalue weighted by molar-refractivity contribution is 0.231. The van der Waals surface area contributed by atoms with Crippen molar-refractivity contribution in [3.63, 3.8) is 0 Å². The van der Waals surface area contributed by atoms with Crippen molar-refractivity contribution in [3.8, 4) is 5.75 Å². The minimum Gasteiger partial charge on any atom is -0.488 e. The zero-order chi connectivity index (χ0) is 17.0. The second-order valence-corrected chi connectivity index (χ2v) is 6.98. The van der Waals surface area contributed by atoms with E-state index in [0.29, 0.717) is 5.56 Å². The molecule has 0 aliphatic carbocycles. The van der Waals surface area contributed by atoms with Gasteiger partial charge in [-0.3, -0.25) is 0 Å². The summed E-state index contributed by atoms with van der Waals surface area (Å²) in [5, 5.41) is 0. The average molecular weight is 341 g/mol. The zero-order valence-electron chi connectivity index (χ0n) is 12.7. The van der Waals surface area contributed by atoms with Gasteiger partial charge in [-0.2, -0.15) is 0 Å². The highest BCUT2D eigenvalue weighted by Crippen LogP contribution is 2.20. The van der Waals surface area contributed by atoms with Crippen molar-refractivity contribution < 1.29 is 21.9 Å². The van der Waals surface area contributed by atoms with Crippen molar-refractivity contribution >= 4 is 10.0 Å². The molecule has 0 radical (unpaired) electrons. The molecule has 0 spiro atoms. The van der Waals surface area contributed by atoms with E-state index in [9.17, 15) is 17.2 Å². The standard InChI is InChI=1S/C16H17F2NO3S/c1-11(2)22-16-8-3-12(9-15(16)18)10-19-23(20,21)14-6-4-13(17)5-7-14/h3-9,11,19H,10H2,1-2H3. The van der Waals surface area contributed by atoms with Crippen LogP contribution in [-0.4, -0.2) is 14.5 Å². The van der Waals surface area contributed by atoms with Crippen LogP contribution in [0.25, 0.3) is 0 Å². The number of sulfonamides is 1. The number of halogens is 2. The second-order valence-electron chi connectivity index (χ2n) is 5.21. The molecule has 7 heteroatoms. The molecule has 4 nitrogen and oxygen atoms in total. The minimum absolute atomic E-state index is 0.0564. The molecule has 0 aliphatic rings. The molecular formula is C16H17F2NO3S. The molecule has 0 saturated carbocycles. The van der Waals surface area contributed by atoms with Crippen LogP contribution in [0.1, 0.15) is 19.4 Å². The van der Waals surface area contributed by atoms with Gasteiger partial charge in [-0.05, 0) is 55.8 Å². The van der Waals surface area contributed by atoms with Crippen molar-refractivity contribution in [2.45, 2.75) is 31.4 Å². The number of ether oxygens (including phenoxy) is 1. The second kappa shape index (κ2) is 7.06. The Bertz CT molecular complexity index is 774. The molecule has 0 aromatic heterocycles. The van der Waals surface area contributed by atoms with Crippen LogP contribution in [0.5, 0.6) is 5.75 Å². The molecule has 0 bridgehead atoms. The minimum atomic E-state index is -3.79. The molecule has 0 fully saturated rings. The first kappa shape index (κ1) is 17.4. The Hall–Kier alpha value is -1.99. The summed E-state index contributed by atoms with van der Waals surface area (Å²) < 4.78 is 58.4. The maximum atomic E-state index is 13.9. The number of nitrogens with one attached hydrogen (secondary N) is 1. The predicted octanol–water partition coefficient (Wildman–Crippen LogP) is 3.23. The lowest BCUT2D eigenvalue weighted by Crippen LogP contribution is -2.23. The number of hydrogen-bond acceptors (Lipinski definition) is 3. The van der Waals surface area contributed by atoms with Gasteiger partial charge in [0.25, 0.3) is 0 Å². The van der Waals surface area contributed by atoms with E-state index in [1.807, 2.05) is 0 Å². The first-order valence-corrected chi connectivity index (χ1v) is 8.46. The number of rotatable bonds is 6. The molecule has 2 aromatic rings. The normalized spacial score (nSPS) is 11.7. The number of benzene rings is 2. The van der Waals surface area contributed by atoms with E-state index in [0.717, 1.165) is 24.3 Å². The average Bonchev–Trinajstić information content (AvgIpc) is 2.48. The van der Waals surface area contributed by atoms with Gasteiger partial charge in [0.2, 0.25) is 10.0 Å². The fourth-order valence-electron chi connectivity index (χ4n) is 1.88. The van der Waals surface area contributed by atoms with Gasteiger partial charge >= 0.3 is 0 Å². The molecule has 0 aliphatic heterocycles. The lowest BCUT2D eigenvalue weighted by Gasteiger charge is -2.12. The monoisotopic (exact) mass is 341 g/mol. The summed E-state index contributed by atoms with van der Waals surface area (Å²) >= 11 is 0. The van der Waals surface area contributed by atoms with Crippen molar-refractivity contribution in [1.82, 2.24) is 4.72 Å². The molecule has 0 heterocycles. The SMILES string of the molecule is CC(C)Oc1ccc(CNS(=O)(=O)c2ccc(F)cc2)cc1F. The van der Waals surface area contributed by atoms with Gasteiger partial charge < -0.3 is 4.74 Å². The van der Waals surface area contributed by atoms with Gasteiger partial charge in [-0.1, -0.05) is 6.07 Å². The highest BCUT2D eigenvalue weighted by atomic mass is 32.2. The Kier molecular flexibility index (Phi) is 5.33. The highest BCUT2D eigenvalue weighted by Gasteiger charge is 2.14. The van der Waals surface area contributed by atoms with E-state index in [1.165, 1.54) is 12.1 Å². The molecular weight excluding hydrogens is 324 g/mol. The van der Waals surface area contributed by atoms with Crippen LogP contribution in [0.2, 0.25) is 0 Å². The fraction of sp³-hybridized carbons (Fsp3) is 0.250. The van der Waals surface area contributed by atoms with E-state index in [1.54, 1.807) is 19.9 Å². The smallest absolute Gasteiger partial charge is 0.240 e. The molecule has 124 valence electrons. The van der Waals surface area contributed by atoms with Crippen molar-refractivity contribution in [2.24, 2.45) is 0 Å². The summed E-state index contributed by atoms with van der Waals surface area (Å²) in [6.07, 6.45) is -0.160. The van der Waals surface area contributed by atoms with Crippen LogP contribution < -0.4 is 9.46 Å². The summed E-state index contributed by atoms with van der Waals surface area (Å²) in [5.74, 6) is -0.964. The van der Waals surface area contributed by atoms with Crippen LogP contribution in [-0.2, 0) is 16.6 Å². The molecule has 1 N–H and O–H groups in total. The molecule has 0 unspecified atom stereocenters. The summed E-state index contributed by atoms with van der Waals surface area (Å²) in [7, 11) is -3.79. The quantitative estimate of drug-likeness (QED) is 0.878. The molecule has 0 saturated heterocycles. The lowest BCUT2D eigenvalue weighted by atomic mass is 10.2. The summed E-state index contributed by atoms with van der Waals surface area (Å²) in [5.41, 5.74) is 0.448. The Labute approximate surface area is 134 Å². The molecule has 0 amide bonds. The summed E-state index contributed by atoms with van der Waals surface area (Å²) in [6, 6.07) is 8.70. The molecule has 0 atom stereocenters. The molecule has 2 rings (SSSR count). The Morgan fingerprint density at radius 2 is 1.74 bits per heavy atom. The fourth-order valence-corrected chi connectivity index (χ4v) is 2.90. The summed E-state index contributed by atoms with van der Waals surface area (Å²) in [6.45, 7) is 3.48. The van der Waals surface area contributed by atoms with Gasteiger partial charge in [0.05, 0.1) is 11.0 Å². The zero-order valence-corrected chi connectivity index (χ0v) is 13.5. The highest BCUT2D eigenvalue weighted by molar-refractivity contribution is 7.89. The van der Waals surface area contributed by atoms with Gasteiger partial charge in [0.15, 0.2) is 11.6 Å². The van der Waals surface area contributed by atoms with Crippen LogP contribution in [0.3, 0.4) is 0 Å². The first-order chi connectivity index (χ1) is 10.8. The Morgan fingerprint density at radius 3 is 2.30 bits per heavy atom. The van der Waals surface area contributed by atoms with Gasteiger partial charge in [-0.15, -0.1) is 0 Å². The predicted molar refractivity (Wildman–Crippen MR) is 82.6 cm³/mol. The third-order valence-electron chi connectivity index (χ3n) is 2.95. The largest absolute Gasteiger partial charge is 0.488 e. The molecule has 23 heavy (non-hydrogen) atoms. The van der Waals surface area contributed by atoms with Crippen molar-refractivity contribution in [1.29, 1.82) is 0 Å². The topological polar surface area (TPSA) is 55.4 Å². The molecule has 2 aromatic carbocycles. The van der Waals surface area contributed by atoms with E-state index in [4.69, 9.17) is 4.74 Å². The van der Waals surface area contributed by atoms with E-state index in [2.05, 4.69) is 4.72 Å². The van der Waals surface area contributed by atoms with Gasteiger partial charge in [-0.25, -0.2) is 21.9 Å². The van der Waals surface area contributed by atoms with Crippen LogP contribution >= 0.6 is 0 Å². The van der Waals surface area contributed by atoms with Gasteiger partial charge in [0, 0.05) is 6.54 Å². The number of hydrogen-bond donors (Lipinski definition) is 1. The Morgan fingerprint density at radius 1 is 1.09 bits per heavy atom. The third-order valence-corrected chi connectivity index (χ3v) is 4.37. The van der Waals surface area contributed by atoms with Crippen molar-refractivity contribution in [2.75, 3.05) is 0 Å². The van der Waals surface area contributed by atoms with Gasteiger partial charge in [0.1, 0.15) is 5.82 Å². The van der Waals surface area contributed by atoms with Crippen LogP contribution in [0.4, 0.5) is 8.78 Å². The maximum absolute atomic E-state index is 13.9. The first-order valence-electron chi connectivity index (χ1n) is 6.98. The summed E-state index contributed by atoms with van der Waals surface area (Å²) in [4.78, 5) is -0.0564. The van der Waals surface area contributed by atoms with E-state index >= 15 is 0 Å². The third kappa shape index (κ3) is 4.74. The van der Waals surface area contributed by atoms with E-state index in [-0.39, 0.29) is 23.3 Å². The van der Waals surface area contributed by atoms with E-state index < -0.39 is 21.7 Å². The Balaban J connectivity index is 2.08. The van der Waals surface area contributed by atoms with Crippen molar-refractivity contribution in [3.05, 3.63) is 59.7 Å². The van der Waals surface area contributed by atoms with Crippen LogP contribution in [0, 0.1) is 11.6 Å².